The Labute approximate surface area is 77.5 Å². The minimum atomic E-state index is -0.932. The predicted molar refractivity (Wildman–Crippen MR) is 52.3 cm³/mol. The summed E-state index contributed by atoms with van der Waals surface area (Å²) in [6.07, 6.45) is 4.50. The lowest BCUT2D eigenvalue weighted by Crippen LogP contribution is -2.20. The Morgan fingerprint density at radius 2 is 2.33 bits per heavy atom. The van der Waals surface area contributed by atoms with Crippen LogP contribution in [0.4, 0.5) is 0 Å². The lowest BCUT2D eigenvalue weighted by atomic mass is 10.3. The first-order valence-electron chi connectivity index (χ1n) is 3.83. The summed E-state index contributed by atoms with van der Waals surface area (Å²) in [5.41, 5.74) is 0. The summed E-state index contributed by atoms with van der Waals surface area (Å²) >= 11 is 4.94. The molecular weight excluding hydrogens is 174 g/mol. The van der Waals surface area contributed by atoms with Gasteiger partial charge in [0.15, 0.2) is 0 Å². The third-order valence-electron chi connectivity index (χ3n) is 1.15. The standard InChI is InChI=1S/C8H13NO2S/c1-2-4-7(12)9-6-3-5-8(10)11/h3,5H,2,4,6H2,1H3,(H,9,12)(H,10,11). The first kappa shape index (κ1) is 11.1. The molecule has 0 amide bonds. The molecule has 0 rings (SSSR count). The second-order valence-corrected chi connectivity index (χ2v) is 2.79. The summed E-state index contributed by atoms with van der Waals surface area (Å²) in [4.78, 5) is 10.8. The second-order valence-electron chi connectivity index (χ2n) is 2.29. The second kappa shape index (κ2) is 6.79. The van der Waals surface area contributed by atoms with Crippen molar-refractivity contribution >= 4 is 23.2 Å². The van der Waals surface area contributed by atoms with Crippen LogP contribution in [0, 0.1) is 0 Å². The number of carboxylic acids is 1. The lowest BCUT2D eigenvalue weighted by molar-refractivity contribution is -0.131. The maximum Gasteiger partial charge on any atom is 0.328 e. The van der Waals surface area contributed by atoms with Crippen LogP contribution in [0.25, 0.3) is 0 Å². The Kier molecular flexibility index (Phi) is 6.28. The van der Waals surface area contributed by atoms with Gasteiger partial charge < -0.3 is 10.4 Å². The summed E-state index contributed by atoms with van der Waals surface area (Å²) < 4.78 is 0. The van der Waals surface area contributed by atoms with Crippen LogP contribution >= 0.6 is 12.2 Å². The average molecular weight is 187 g/mol. The molecule has 12 heavy (non-hydrogen) atoms. The van der Waals surface area contributed by atoms with E-state index in [1.807, 2.05) is 6.92 Å². The largest absolute Gasteiger partial charge is 0.478 e. The fraction of sp³-hybridized carbons (Fsp3) is 0.500. The quantitative estimate of drug-likeness (QED) is 0.504. The number of aliphatic carboxylic acids is 1. The van der Waals surface area contributed by atoms with Gasteiger partial charge in [0.1, 0.15) is 0 Å². The SMILES string of the molecule is CCCC(=S)NCC=CC(=O)O. The predicted octanol–water partition coefficient (Wildman–Crippen LogP) is 1.34. The van der Waals surface area contributed by atoms with Gasteiger partial charge in [0.05, 0.1) is 4.99 Å². The van der Waals surface area contributed by atoms with Crippen LogP contribution in [0.2, 0.25) is 0 Å². The highest BCUT2D eigenvalue weighted by atomic mass is 32.1. The molecule has 0 aliphatic heterocycles. The normalized spacial score (nSPS) is 10.1. The van der Waals surface area contributed by atoms with E-state index < -0.39 is 5.97 Å². The maximum absolute atomic E-state index is 10.0. The average Bonchev–Trinajstić information content (AvgIpc) is 1.98. The van der Waals surface area contributed by atoms with E-state index in [9.17, 15) is 4.79 Å². The van der Waals surface area contributed by atoms with Crippen molar-refractivity contribution in [3.05, 3.63) is 12.2 Å². The van der Waals surface area contributed by atoms with Crippen molar-refractivity contribution in [2.75, 3.05) is 6.54 Å². The molecule has 0 saturated carbocycles. The van der Waals surface area contributed by atoms with Crippen molar-refractivity contribution in [1.82, 2.24) is 5.32 Å². The zero-order valence-electron chi connectivity index (χ0n) is 7.04. The van der Waals surface area contributed by atoms with Gasteiger partial charge in [-0.1, -0.05) is 25.2 Å². The van der Waals surface area contributed by atoms with E-state index in [1.54, 1.807) is 0 Å². The summed E-state index contributed by atoms with van der Waals surface area (Å²) in [6.45, 7) is 2.53. The van der Waals surface area contributed by atoms with E-state index in [0.717, 1.165) is 23.9 Å². The number of hydrogen-bond acceptors (Lipinski definition) is 2. The Morgan fingerprint density at radius 3 is 2.83 bits per heavy atom. The molecule has 2 N–H and O–H groups in total. The molecule has 68 valence electrons. The Bertz CT molecular complexity index is 189. The molecule has 0 fully saturated rings. The maximum atomic E-state index is 10.0. The van der Waals surface area contributed by atoms with Crippen LogP contribution in [0.5, 0.6) is 0 Å². The molecule has 3 nitrogen and oxygen atoms in total. The minimum absolute atomic E-state index is 0.491. The number of carboxylic acid groups (broad SMARTS) is 1. The first-order valence-corrected chi connectivity index (χ1v) is 4.23. The van der Waals surface area contributed by atoms with Gasteiger partial charge in [-0.3, -0.25) is 0 Å². The van der Waals surface area contributed by atoms with Crippen molar-refractivity contribution in [1.29, 1.82) is 0 Å². The van der Waals surface area contributed by atoms with Crippen LogP contribution < -0.4 is 5.32 Å². The lowest BCUT2D eigenvalue weighted by Gasteiger charge is -2.01. The van der Waals surface area contributed by atoms with Gasteiger partial charge in [-0.25, -0.2) is 4.79 Å². The molecule has 0 aromatic heterocycles. The van der Waals surface area contributed by atoms with Crippen molar-refractivity contribution < 1.29 is 9.90 Å². The topological polar surface area (TPSA) is 49.3 Å². The monoisotopic (exact) mass is 187 g/mol. The molecule has 0 radical (unpaired) electrons. The van der Waals surface area contributed by atoms with Gasteiger partial charge >= 0.3 is 5.97 Å². The van der Waals surface area contributed by atoms with Gasteiger partial charge in [0.2, 0.25) is 0 Å². The van der Waals surface area contributed by atoms with Gasteiger partial charge in [-0.15, -0.1) is 0 Å². The van der Waals surface area contributed by atoms with Crippen molar-refractivity contribution in [3.8, 4) is 0 Å². The first-order chi connectivity index (χ1) is 5.66. The van der Waals surface area contributed by atoms with Crippen molar-refractivity contribution in [3.63, 3.8) is 0 Å². The highest BCUT2D eigenvalue weighted by Gasteiger charge is 1.90. The van der Waals surface area contributed by atoms with E-state index in [1.165, 1.54) is 6.08 Å². The summed E-state index contributed by atoms with van der Waals surface area (Å²) in [7, 11) is 0. The number of nitrogens with one attached hydrogen (secondary N) is 1. The molecule has 0 heterocycles. The van der Waals surface area contributed by atoms with Gasteiger partial charge in [-0.05, 0) is 12.8 Å². The fourth-order valence-electron chi connectivity index (χ4n) is 0.648. The number of rotatable bonds is 5. The fourth-order valence-corrected chi connectivity index (χ4v) is 0.935. The third-order valence-corrected chi connectivity index (χ3v) is 1.50. The molecule has 0 bridgehead atoms. The highest BCUT2D eigenvalue weighted by Crippen LogP contribution is 1.87. The third kappa shape index (κ3) is 7.21. The van der Waals surface area contributed by atoms with Gasteiger partial charge in [0, 0.05) is 12.6 Å². The van der Waals surface area contributed by atoms with Crippen LogP contribution in [0.3, 0.4) is 0 Å². The Balaban J connectivity index is 3.43. The van der Waals surface area contributed by atoms with Crippen molar-refractivity contribution in [2.24, 2.45) is 0 Å². The highest BCUT2D eigenvalue weighted by molar-refractivity contribution is 7.80. The van der Waals surface area contributed by atoms with Crippen LogP contribution in [0.15, 0.2) is 12.2 Å². The molecule has 0 aromatic rings. The minimum Gasteiger partial charge on any atom is -0.478 e. The molecule has 0 unspecified atom stereocenters. The molecule has 0 saturated heterocycles. The van der Waals surface area contributed by atoms with Crippen LogP contribution in [0.1, 0.15) is 19.8 Å². The van der Waals surface area contributed by atoms with E-state index in [0.29, 0.717) is 6.54 Å². The number of carbonyl (C=O) groups is 1. The number of hydrogen-bond donors (Lipinski definition) is 2. The molecule has 0 aliphatic carbocycles. The zero-order valence-corrected chi connectivity index (χ0v) is 7.86. The van der Waals surface area contributed by atoms with E-state index in [4.69, 9.17) is 17.3 Å². The van der Waals surface area contributed by atoms with Gasteiger partial charge in [-0.2, -0.15) is 0 Å². The summed E-state index contributed by atoms with van der Waals surface area (Å²) in [5.74, 6) is -0.932. The van der Waals surface area contributed by atoms with Crippen LogP contribution in [-0.2, 0) is 4.79 Å². The molecule has 0 atom stereocenters. The molecule has 0 aliphatic rings. The van der Waals surface area contributed by atoms with E-state index in [-0.39, 0.29) is 0 Å². The zero-order chi connectivity index (χ0) is 9.40. The Morgan fingerprint density at radius 1 is 1.67 bits per heavy atom. The molecule has 0 aromatic carbocycles. The van der Waals surface area contributed by atoms with Gasteiger partial charge in [0.25, 0.3) is 0 Å². The van der Waals surface area contributed by atoms with E-state index >= 15 is 0 Å². The van der Waals surface area contributed by atoms with Crippen LogP contribution in [-0.4, -0.2) is 22.6 Å². The van der Waals surface area contributed by atoms with Crippen molar-refractivity contribution in [2.45, 2.75) is 19.8 Å². The molecular formula is C8H13NO2S. The smallest absolute Gasteiger partial charge is 0.328 e. The summed E-state index contributed by atoms with van der Waals surface area (Å²) in [5, 5.41) is 11.2. The molecule has 0 spiro atoms. The Hall–Kier alpha value is -0.900. The summed E-state index contributed by atoms with van der Waals surface area (Å²) in [6, 6.07) is 0. The molecule has 4 heteroatoms. The van der Waals surface area contributed by atoms with E-state index in [2.05, 4.69) is 5.32 Å². The number of thiocarbonyl (C=S) groups is 1.